The summed E-state index contributed by atoms with van der Waals surface area (Å²) < 4.78 is 6.94. The van der Waals surface area contributed by atoms with Gasteiger partial charge in [0.05, 0.1) is 6.26 Å². The lowest BCUT2D eigenvalue weighted by Crippen LogP contribution is -1.76. The SMILES string of the molecule is c1cc(-c2csc3ccccc23)c2occc2c1. The quantitative estimate of drug-likeness (QED) is 0.446. The predicted molar refractivity (Wildman–Crippen MR) is 77.0 cm³/mol. The van der Waals surface area contributed by atoms with Gasteiger partial charge in [-0.05, 0) is 17.5 Å². The maximum atomic E-state index is 5.63. The van der Waals surface area contributed by atoms with Crippen molar-refractivity contribution in [3.63, 3.8) is 0 Å². The number of hydrogen-bond donors (Lipinski definition) is 0. The Morgan fingerprint density at radius 3 is 2.78 bits per heavy atom. The van der Waals surface area contributed by atoms with E-state index in [1.807, 2.05) is 6.07 Å². The number of hydrogen-bond acceptors (Lipinski definition) is 2. The second kappa shape index (κ2) is 3.72. The van der Waals surface area contributed by atoms with Crippen LogP contribution in [0.25, 0.3) is 32.2 Å². The highest BCUT2D eigenvalue weighted by Gasteiger charge is 2.10. The summed E-state index contributed by atoms with van der Waals surface area (Å²) in [6.07, 6.45) is 1.75. The van der Waals surface area contributed by atoms with Gasteiger partial charge in [0.15, 0.2) is 0 Å². The highest BCUT2D eigenvalue weighted by atomic mass is 32.1. The molecule has 4 rings (SSSR count). The lowest BCUT2D eigenvalue weighted by molar-refractivity contribution is 0.617. The summed E-state index contributed by atoms with van der Waals surface area (Å²) in [4.78, 5) is 0. The highest BCUT2D eigenvalue weighted by Crippen LogP contribution is 2.37. The molecule has 0 aliphatic rings. The minimum atomic E-state index is 0.973. The maximum absolute atomic E-state index is 5.63. The van der Waals surface area contributed by atoms with Crippen molar-refractivity contribution in [1.29, 1.82) is 0 Å². The van der Waals surface area contributed by atoms with Crippen molar-refractivity contribution in [2.75, 3.05) is 0 Å². The van der Waals surface area contributed by atoms with Crippen LogP contribution in [0, 0.1) is 0 Å². The lowest BCUT2D eigenvalue weighted by Gasteiger charge is -2.01. The average molecular weight is 250 g/mol. The van der Waals surface area contributed by atoms with Crippen LogP contribution < -0.4 is 0 Å². The van der Waals surface area contributed by atoms with E-state index in [0.29, 0.717) is 0 Å². The van der Waals surface area contributed by atoms with E-state index < -0.39 is 0 Å². The summed E-state index contributed by atoms with van der Waals surface area (Å²) in [7, 11) is 0. The van der Waals surface area contributed by atoms with Crippen molar-refractivity contribution >= 4 is 32.4 Å². The van der Waals surface area contributed by atoms with Gasteiger partial charge in [-0.2, -0.15) is 0 Å². The largest absolute Gasteiger partial charge is 0.464 e. The Balaban J connectivity index is 2.10. The second-order valence-electron chi connectivity index (χ2n) is 4.29. The van der Waals surface area contributed by atoms with Crippen LogP contribution in [0.3, 0.4) is 0 Å². The third-order valence-corrected chi connectivity index (χ3v) is 4.21. The highest BCUT2D eigenvalue weighted by molar-refractivity contribution is 7.17. The Labute approximate surface area is 108 Å². The van der Waals surface area contributed by atoms with Gasteiger partial charge in [-0.3, -0.25) is 0 Å². The molecule has 0 atom stereocenters. The summed E-state index contributed by atoms with van der Waals surface area (Å²) in [6, 6.07) is 16.8. The fourth-order valence-electron chi connectivity index (χ4n) is 2.39. The van der Waals surface area contributed by atoms with E-state index in [9.17, 15) is 0 Å². The van der Waals surface area contributed by atoms with Gasteiger partial charge in [0, 0.05) is 26.6 Å². The van der Waals surface area contributed by atoms with Gasteiger partial charge in [0.2, 0.25) is 0 Å². The number of fused-ring (bicyclic) bond motifs is 2. The smallest absolute Gasteiger partial charge is 0.141 e. The molecule has 1 nitrogen and oxygen atoms in total. The van der Waals surface area contributed by atoms with E-state index in [-0.39, 0.29) is 0 Å². The molecular formula is C16H10OS. The molecule has 0 saturated heterocycles. The van der Waals surface area contributed by atoms with Gasteiger partial charge < -0.3 is 4.42 Å². The summed E-state index contributed by atoms with van der Waals surface area (Å²) in [5.41, 5.74) is 3.41. The van der Waals surface area contributed by atoms with Crippen molar-refractivity contribution < 1.29 is 4.42 Å². The molecule has 0 amide bonds. The standard InChI is InChI=1S/C16H10OS/c1-2-7-15-12(5-1)14(10-18-15)13-6-3-4-11-8-9-17-16(11)13/h1-10H. The van der Waals surface area contributed by atoms with Gasteiger partial charge in [-0.15, -0.1) is 11.3 Å². The van der Waals surface area contributed by atoms with Crippen LogP contribution >= 0.6 is 11.3 Å². The Bertz CT molecular complexity index is 838. The summed E-state index contributed by atoms with van der Waals surface area (Å²) in [5, 5.41) is 4.66. The molecule has 0 aliphatic carbocycles. The summed E-state index contributed by atoms with van der Waals surface area (Å²) in [6.45, 7) is 0. The number of furan rings is 1. The minimum absolute atomic E-state index is 0.973. The molecule has 0 radical (unpaired) electrons. The fourth-order valence-corrected chi connectivity index (χ4v) is 3.35. The number of thiophene rings is 1. The molecule has 0 bridgehead atoms. The molecule has 0 saturated carbocycles. The van der Waals surface area contributed by atoms with Crippen LogP contribution in [-0.4, -0.2) is 0 Å². The van der Waals surface area contributed by atoms with Crippen molar-refractivity contribution in [3.05, 3.63) is 60.2 Å². The van der Waals surface area contributed by atoms with E-state index >= 15 is 0 Å². The first kappa shape index (κ1) is 9.92. The first-order valence-corrected chi connectivity index (χ1v) is 6.74. The number of benzene rings is 2. The van der Waals surface area contributed by atoms with E-state index in [4.69, 9.17) is 4.42 Å². The van der Waals surface area contributed by atoms with Gasteiger partial charge in [-0.25, -0.2) is 0 Å². The molecule has 0 aliphatic heterocycles. The van der Waals surface area contributed by atoms with Crippen molar-refractivity contribution in [2.24, 2.45) is 0 Å². The minimum Gasteiger partial charge on any atom is -0.464 e. The molecule has 0 spiro atoms. The molecule has 86 valence electrons. The Kier molecular flexibility index (Phi) is 2.05. The topological polar surface area (TPSA) is 13.1 Å². The molecule has 2 aromatic carbocycles. The van der Waals surface area contributed by atoms with Gasteiger partial charge in [-0.1, -0.05) is 36.4 Å². The van der Waals surface area contributed by atoms with Crippen LogP contribution in [0.15, 0.2) is 64.6 Å². The van der Waals surface area contributed by atoms with Crippen LogP contribution in [0.4, 0.5) is 0 Å². The van der Waals surface area contributed by atoms with E-state index in [0.717, 1.165) is 11.0 Å². The lowest BCUT2D eigenvalue weighted by atomic mass is 10.0. The molecule has 18 heavy (non-hydrogen) atoms. The fraction of sp³-hybridized carbons (Fsp3) is 0. The van der Waals surface area contributed by atoms with Crippen molar-refractivity contribution in [3.8, 4) is 11.1 Å². The molecule has 0 unspecified atom stereocenters. The van der Waals surface area contributed by atoms with Crippen molar-refractivity contribution in [2.45, 2.75) is 0 Å². The van der Waals surface area contributed by atoms with Gasteiger partial charge in [0.1, 0.15) is 5.58 Å². The zero-order chi connectivity index (χ0) is 11.9. The molecular weight excluding hydrogens is 240 g/mol. The van der Waals surface area contributed by atoms with E-state index in [2.05, 4.69) is 47.8 Å². The first-order chi connectivity index (χ1) is 8.93. The Hall–Kier alpha value is -2.06. The summed E-state index contributed by atoms with van der Waals surface area (Å²) >= 11 is 1.78. The second-order valence-corrected chi connectivity index (χ2v) is 5.20. The maximum Gasteiger partial charge on any atom is 0.141 e. The molecule has 0 fully saturated rings. The van der Waals surface area contributed by atoms with Gasteiger partial charge >= 0.3 is 0 Å². The molecule has 2 heterocycles. The number of rotatable bonds is 1. The third-order valence-electron chi connectivity index (χ3n) is 3.25. The van der Waals surface area contributed by atoms with Crippen LogP contribution in [0.2, 0.25) is 0 Å². The zero-order valence-electron chi connectivity index (χ0n) is 9.59. The predicted octanol–water partition coefficient (Wildman–Crippen LogP) is 5.31. The molecule has 2 aromatic heterocycles. The third kappa shape index (κ3) is 1.33. The molecule has 0 N–H and O–H groups in total. The Morgan fingerprint density at radius 1 is 0.833 bits per heavy atom. The van der Waals surface area contributed by atoms with Crippen molar-refractivity contribution in [1.82, 2.24) is 0 Å². The van der Waals surface area contributed by atoms with E-state index in [1.165, 1.54) is 21.2 Å². The monoisotopic (exact) mass is 250 g/mol. The van der Waals surface area contributed by atoms with Crippen LogP contribution in [0.1, 0.15) is 0 Å². The average Bonchev–Trinajstić information content (AvgIpc) is 3.05. The van der Waals surface area contributed by atoms with E-state index in [1.54, 1.807) is 17.6 Å². The Morgan fingerprint density at radius 2 is 1.78 bits per heavy atom. The molecule has 2 heteroatoms. The zero-order valence-corrected chi connectivity index (χ0v) is 10.4. The molecule has 4 aromatic rings. The van der Waals surface area contributed by atoms with Gasteiger partial charge in [0.25, 0.3) is 0 Å². The normalized spacial score (nSPS) is 11.3. The van der Waals surface area contributed by atoms with Crippen LogP contribution in [0.5, 0.6) is 0 Å². The first-order valence-electron chi connectivity index (χ1n) is 5.86. The number of para-hydroxylation sites is 1. The van der Waals surface area contributed by atoms with Crippen LogP contribution in [-0.2, 0) is 0 Å². The summed E-state index contributed by atoms with van der Waals surface area (Å²) in [5.74, 6) is 0.